The predicted molar refractivity (Wildman–Crippen MR) is 112 cm³/mol. The number of carbonyl (C=O) groups excluding carboxylic acids is 1. The van der Waals surface area contributed by atoms with Gasteiger partial charge in [0.05, 0.1) is 28.3 Å². The maximum absolute atomic E-state index is 12.9. The van der Waals surface area contributed by atoms with E-state index in [0.29, 0.717) is 27.3 Å². The van der Waals surface area contributed by atoms with Crippen molar-refractivity contribution < 1.29 is 4.79 Å². The van der Waals surface area contributed by atoms with Crippen LogP contribution in [0, 0.1) is 11.3 Å². The molecule has 0 radical (unpaired) electrons. The highest BCUT2D eigenvalue weighted by atomic mass is 32.2. The number of rotatable bonds is 6. The van der Waals surface area contributed by atoms with E-state index in [1.54, 1.807) is 41.0 Å². The molecule has 0 aliphatic carbocycles. The molecule has 0 aliphatic heterocycles. The van der Waals surface area contributed by atoms with Crippen molar-refractivity contribution in [3.05, 3.63) is 64.4 Å². The van der Waals surface area contributed by atoms with Gasteiger partial charge in [0.15, 0.2) is 5.16 Å². The van der Waals surface area contributed by atoms with Crippen molar-refractivity contribution in [2.24, 2.45) is 0 Å². The van der Waals surface area contributed by atoms with E-state index in [2.05, 4.69) is 10.3 Å². The van der Waals surface area contributed by atoms with Gasteiger partial charge in [0.2, 0.25) is 5.91 Å². The van der Waals surface area contributed by atoms with Gasteiger partial charge in [-0.25, -0.2) is 4.98 Å². The van der Waals surface area contributed by atoms with Crippen LogP contribution in [0.25, 0.3) is 10.9 Å². The molecule has 1 N–H and O–H groups in total. The third-order valence-corrected chi connectivity index (χ3v) is 5.37. The summed E-state index contributed by atoms with van der Waals surface area (Å²) in [4.78, 5) is 29.9. The number of hydrogen-bond donors (Lipinski definition) is 1. The predicted octanol–water partition coefficient (Wildman–Crippen LogP) is 3.97. The largest absolute Gasteiger partial charge is 0.325 e. The first-order valence-corrected chi connectivity index (χ1v) is 9.96. The molecule has 0 unspecified atom stereocenters. The third-order valence-electron chi connectivity index (χ3n) is 4.41. The van der Waals surface area contributed by atoms with Crippen LogP contribution >= 0.6 is 11.8 Å². The lowest BCUT2D eigenvalue weighted by Crippen LogP contribution is -2.26. The summed E-state index contributed by atoms with van der Waals surface area (Å²) in [6.07, 6.45) is 0.778. The fourth-order valence-corrected chi connectivity index (χ4v) is 3.69. The van der Waals surface area contributed by atoms with E-state index in [-0.39, 0.29) is 23.3 Å². The van der Waals surface area contributed by atoms with Gasteiger partial charge in [-0.15, -0.1) is 0 Å². The monoisotopic (exact) mass is 392 g/mol. The van der Waals surface area contributed by atoms with Crippen LogP contribution in [0.5, 0.6) is 0 Å². The summed E-state index contributed by atoms with van der Waals surface area (Å²) < 4.78 is 1.66. The number of amides is 1. The molecule has 0 saturated carbocycles. The number of nitrogens with one attached hydrogen (secondary N) is 1. The average molecular weight is 392 g/mol. The fourth-order valence-electron chi connectivity index (χ4n) is 2.79. The number of thioether (sulfide) groups is 1. The third kappa shape index (κ3) is 4.24. The molecule has 1 aromatic heterocycles. The van der Waals surface area contributed by atoms with E-state index >= 15 is 0 Å². The van der Waals surface area contributed by atoms with Crippen molar-refractivity contribution in [2.45, 2.75) is 31.5 Å². The SMILES string of the molecule is CC[C@@H](C)n1c(SCC(=O)Nc2cccc(C#N)c2)nc2ccccc2c1=O. The van der Waals surface area contributed by atoms with Gasteiger partial charge in [-0.2, -0.15) is 5.26 Å². The smallest absolute Gasteiger partial charge is 0.262 e. The summed E-state index contributed by atoms with van der Waals surface area (Å²) in [5, 5.41) is 12.8. The summed E-state index contributed by atoms with van der Waals surface area (Å²) in [6.45, 7) is 3.98. The van der Waals surface area contributed by atoms with Crippen molar-refractivity contribution in [1.29, 1.82) is 5.26 Å². The number of nitrogens with zero attached hydrogens (tertiary/aromatic N) is 3. The zero-order valence-corrected chi connectivity index (χ0v) is 16.5. The molecule has 0 spiro atoms. The molecule has 2 aromatic carbocycles. The number of para-hydroxylation sites is 1. The Kier molecular flexibility index (Phi) is 6.12. The Bertz CT molecular complexity index is 1120. The van der Waals surface area contributed by atoms with E-state index in [1.165, 1.54) is 11.8 Å². The first-order valence-electron chi connectivity index (χ1n) is 8.97. The highest BCUT2D eigenvalue weighted by molar-refractivity contribution is 7.99. The Morgan fingerprint density at radius 2 is 2.07 bits per heavy atom. The Morgan fingerprint density at radius 1 is 1.29 bits per heavy atom. The van der Waals surface area contributed by atoms with Crippen LogP contribution in [0.1, 0.15) is 31.9 Å². The Hall–Kier alpha value is -3.11. The van der Waals surface area contributed by atoms with E-state index in [0.717, 1.165) is 6.42 Å². The molecule has 1 atom stereocenters. The van der Waals surface area contributed by atoms with Gasteiger partial charge < -0.3 is 5.32 Å². The number of fused-ring (bicyclic) bond motifs is 1. The lowest BCUT2D eigenvalue weighted by Gasteiger charge is -2.18. The minimum Gasteiger partial charge on any atom is -0.325 e. The molecular weight excluding hydrogens is 372 g/mol. The van der Waals surface area contributed by atoms with Crippen molar-refractivity contribution >= 4 is 34.3 Å². The molecular formula is C21H20N4O2S. The average Bonchev–Trinajstić information content (AvgIpc) is 2.72. The molecule has 0 aliphatic rings. The van der Waals surface area contributed by atoms with Gasteiger partial charge >= 0.3 is 0 Å². The number of anilines is 1. The van der Waals surface area contributed by atoms with E-state index in [9.17, 15) is 9.59 Å². The second kappa shape index (κ2) is 8.72. The fraction of sp³-hybridized carbons (Fsp3) is 0.238. The molecule has 3 aromatic rings. The zero-order chi connectivity index (χ0) is 20.1. The van der Waals surface area contributed by atoms with Gasteiger partial charge in [-0.05, 0) is 43.7 Å². The van der Waals surface area contributed by atoms with E-state index in [4.69, 9.17) is 5.26 Å². The number of hydrogen-bond acceptors (Lipinski definition) is 5. The molecule has 0 fully saturated rings. The maximum Gasteiger partial charge on any atom is 0.262 e. The van der Waals surface area contributed by atoms with Crippen molar-refractivity contribution in [3.63, 3.8) is 0 Å². The topological polar surface area (TPSA) is 87.8 Å². The lowest BCUT2D eigenvalue weighted by molar-refractivity contribution is -0.113. The van der Waals surface area contributed by atoms with Gasteiger partial charge in [0, 0.05) is 11.7 Å². The lowest BCUT2D eigenvalue weighted by atomic mass is 10.2. The van der Waals surface area contributed by atoms with Gasteiger partial charge in [0.25, 0.3) is 5.56 Å². The summed E-state index contributed by atoms with van der Waals surface area (Å²) in [5.74, 6) is -0.115. The van der Waals surface area contributed by atoms with Crippen LogP contribution < -0.4 is 10.9 Å². The van der Waals surface area contributed by atoms with Crippen molar-refractivity contribution in [3.8, 4) is 6.07 Å². The second-order valence-corrected chi connectivity index (χ2v) is 7.32. The van der Waals surface area contributed by atoms with Crippen LogP contribution in [0.2, 0.25) is 0 Å². The van der Waals surface area contributed by atoms with Gasteiger partial charge in [0.1, 0.15) is 0 Å². The van der Waals surface area contributed by atoms with Crippen LogP contribution in [0.4, 0.5) is 5.69 Å². The number of aromatic nitrogens is 2. The van der Waals surface area contributed by atoms with Crippen LogP contribution in [0.3, 0.4) is 0 Å². The standard InChI is InChI=1S/C21H20N4O2S/c1-3-14(2)25-20(27)17-9-4-5-10-18(17)24-21(25)28-13-19(26)23-16-8-6-7-15(11-16)12-22/h4-11,14H,3,13H2,1-2H3,(H,23,26)/t14-/m1/s1. The van der Waals surface area contributed by atoms with Crippen LogP contribution in [0.15, 0.2) is 58.5 Å². The van der Waals surface area contributed by atoms with E-state index < -0.39 is 0 Å². The highest BCUT2D eigenvalue weighted by Gasteiger charge is 2.16. The van der Waals surface area contributed by atoms with Gasteiger partial charge in [-0.3, -0.25) is 14.2 Å². The van der Waals surface area contributed by atoms with E-state index in [1.807, 2.05) is 32.0 Å². The maximum atomic E-state index is 12.9. The summed E-state index contributed by atoms with van der Waals surface area (Å²) in [6, 6.07) is 16.0. The summed E-state index contributed by atoms with van der Waals surface area (Å²) in [5.41, 5.74) is 1.57. The molecule has 142 valence electrons. The van der Waals surface area contributed by atoms with Crippen molar-refractivity contribution in [2.75, 3.05) is 11.1 Å². The van der Waals surface area contributed by atoms with Crippen LogP contribution in [-0.4, -0.2) is 21.2 Å². The van der Waals surface area contributed by atoms with Crippen molar-refractivity contribution in [1.82, 2.24) is 9.55 Å². The second-order valence-electron chi connectivity index (χ2n) is 6.37. The molecule has 1 amide bonds. The molecule has 28 heavy (non-hydrogen) atoms. The highest BCUT2D eigenvalue weighted by Crippen LogP contribution is 2.22. The molecule has 3 rings (SSSR count). The number of benzene rings is 2. The quantitative estimate of drug-likeness (QED) is 0.506. The normalized spacial score (nSPS) is 11.8. The Morgan fingerprint density at radius 3 is 2.82 bits per heavy atom. The summed E-state index contributed by atoms with van der Waals surface area (Å²) >= 11 is 1.23. The molecule has 0 saturated heterocycles. The first-order chi connectivity index (χ1) is 13.5. The number of carbonyl (C=O) groups is 1. The Labute approximate surface area is 167 Å². The Balaban J connectivity index is 1.84. The minimum atomic E-state index is -0.224. The molecule has 7 heteroatoms. The zero-order valence-electron chi connectivity index (χ0n) is 15.7. The first kappa shape index (κ1) is 19.6. The summed E-state index contributed by atoms with van der Waals surface area (Å²) in [7, 11) is 0. The minimum absolute atomic E-state index is 0.0255. The van der Waals surface area contributed by atoms with Gasteiger partial charge in [-0.1, -0.05) is 36.9 Å². The molecule has 6 nitrogen and oxygen atoms in total. The van der Waals surface area contributed by atoms with Crippen LogP contribution in [-0.2, 0) is 4.79 Å². The molecule has 1 heterocycles. The molecule has 0 bridgehead atoms. The number of nitriles is 1.